The summed E-state index contributed by atoms with van der Waals surface area (Å²) in [4.78, 5) is 14.0. The fourth-order valence-electron chi connectivity index (χ4n) is 2.94. The van der Waals surface area contributed by atoms with Crippen molar-refractivity contribution in [3.63, 3.8) is 0 Å². The van der Waals surface area contributed by atoms with Crippen molar-refractivity contribution in [2.75, 3.05) is 26.4 Å². The van der Waals surface area contributed by atoms with E-state index >= 15 is 0 Å². The average molecular weight is 339 g/mol. The molecular weight excluding hydrogens is 314 g/mol. The van der Waals surface area contributed by atoms with E-state index in [4.69, 9.17) is 0 Å². The van der Waals surface area contributed by atoms with E-state index in [0.717, 1.165) is 25.5 Å². The van der Waals surface area contributed by atoms with Gasteiger partial charge in [0.1, 0.15) is 0 Å². The second-order valence-electron chi connectivity index (χ2n) is 5.97. The highest BCUT2D eigenvalue weighted by Crippen LogP contribution is 2.33. The maximum Gasteiger partial charge on any atom is 0.317 e. The van der Waals surface area contributed by atoms with Crippen LogP contribution < -0.4 is 10.0 Å². The molecule has 23 heavy (non-hydrogen) atoms. The van der Waals surface area contributed by atoms with Gasteiger partial charge in [-0.25, -0.2) is 17.9 Å². The summed E-state index contributed by atoms with van der Waals surface area (Å²) in [5.74, 6) is 0. The summed E-state index contributed by atoms with van der Waals surface area (Å²) in [7, 11) is -1.35. The van der Waals surface area contributed by atoms with Crippen LogP contribution in [0.1, 0.15) is 36.4 Å². The molecule has 7 heteroatoms. The molecule has 1 aliphatic carbocycles. The molecule has 128 valence electrons. The largest absolute Gasteiger partial charge is 0.338 e. The maximum atomic E-state index is 12.3. The van der Waals surface area contributed by atoms with E-state index in [2.05, 4.69) is 22.2 Å². The van der Waals surface area contributed by atoms with Crippen LogP contribution in [0.3, 0.4) is 0 Å². The number of carbonyl (C=O) groups is 1. The van der Waals surface area contributed by atoms with Gasteiger partial charge in [0.15, 0.2) is 0 Å². The SMILES string of the molecule is CN(C(=O)NCCCNS(C)(=O)=O)[C@@H]1CCCc2ccccc21. The highest BCUT2D eigenvalue weighted by molar-refractivity contribution is 7.88. The smallest absolute Gasteiger partial charge is 0.317 e. The lowest BCUT2D eigenvalue weighted by molar-refractivity contribution is 0.184. The van der Waals surface area contributed by atoms with E-state index in [0.29, 0.717) is 19.5 Å². The maximum absolute atomic E-state index is 12.3. The Hall–Kier alpha value is -1.60. The van der Waals surface area contributed by atoms with Crippen molar-refractivity contribution in [3.05, 3.63) is 35.4 Å². The van der Waals surface area contributed by atoms with Crippen LogP contribution in [-0.4, -0.2) is 45.7 Å². The lowest BCUT2D eigenvalue weighted by Crippen LogP contribution is -2.41. The van der Waals surface area contributed by atoms with Crippen LogP contribution in [0.4, 0.5) is 4.79 Å². The number of carbonyl (C=O) groups excluding carboxylic acids is 1. The summed E-state index contributed by atoms with van der Waals surface area (Å²) in [5, 5.41) is 2.85. The summed E-state index contributed by atoms with van der Waals surface area (Å²) in [6.45, 7) is 0.773. The number of benzene rings is 1. The molecule has 2 rings (SSSR count). The average Bonchev–Trinajstić information content (AvgIpc) is 2.52. The first-order chi connectivity index (χ1) is 10.9. The molecule has 2 N–H and O–H groups in total. The van der Waals surface area contributed by atoms with Crippen molar-refractivity contribution in [2.24, 2.45) is 0 Å². The summed E-state index contributed by atoms with van der Waals surface area (Å²) in [6.07, 6.45) is 4.81. The molecule has 1 aliphatic rings. The monoisotopic (exact) mass is 339 g/mol. The molecule has 0 bridgehead atoms. The molecule has 0 aromatic heterocycles. The fraction of sp³-hybridized carbons (Fsp3) is 0.562. The molecule has 0 spiro atoms. The molecule has 1 aromatic rings. The van der Waals surface area contributed by atoms with E-state index in [9.17, 15) is 13.2 Å². The molecule has 0 radical (unpaired) electrons. The number of hydrogen-bond acceptors (Lipinski definition) is 3. The van der Waals surface area contributed by atoms with Gasteiger partial charge in [0.05, 0.1) is 12.3 Å². The van der Waals surface area contributed by atoms with E-state index in [1.807, 2.05) is 19.2 Å². The number of nitrogens with zero attached hydrogens (tertiary/aromatic N) is 1. The third-order valence-corrected chi connectivity index (χ3v) is 4.85. The van der Waals surface area contributed by atoms with E-state index in [-0.39, 0.29) is 12.1 Å². The van der Waals surface area contributed by atoms with E-state index in [1.165, 1.54) is 11.1 Å². The highest BCUT2D eigenvalue weighted by atomic mass is 32.2. The number of sulfonamides is 1. The normalized spacial score (nSPS) is 17.4. The zero-order chi connectivity index (χ0) is 16.9. The number of nitrogens with one attached hydrogen (secondary N) is 2. The molecule has 0 aliphatic heterocycles. The summed E-state index contributed by atoms with van der Waals surface area (Å²) < 4.78 is 24.3. The molecule has 0 heterocycles. The Morgan fingerprint density at radius 2 is 2.04 bits per heavy atom. The predicted octanol–water partition coefficient (Wildman–Crippen LogP) is 1.64. The van der Waals surface area contributed by atoms with Gasteiger partial charge in [-0.05, 0) is 36.8 Å². The zero-order valence-electron chi connectivity index (χ0n) is 13.7. The third-order valence-electron chi connectivity index (χ3n) is 4.12. The highest BCUT2D eigenvalue weighted by Gasteiger charge is 2.26. The minimum absolute atomic E-state index is 0.106. The van der Waals surface area contributed by atoms with Crippen LogP contribution in [0, 0.1) is 0 Å². The fourth-order valence-corrected chi connectivity index (χ4v) is 3.45. The first kappa shape index (κ1) is 17.7. The van der Waals surface area contributed by atoms with Crippen LogP contribution in [0.5, 0.6) is 0 Å². The van der Waals surface area contributed by atoms with Gasteiger partial charge >= 0.3 is 6.03 Å². The molecule has 0 unspecified atom stereocenters. The summed E-state index contributed by atoms with van der Waals surface area (Å²) in [5.41, 5.74) is 2.55. The lowest BCUT2D eigenvalue weighted by Gasteiger charge is -2.33. The molecule has 1 atom stereocenters. The van der Waals surface area contributed by atoms with Gasteiger partial charge < -0.3 is 10.2 Å². The van der Waals surface area contributed by atoms with Crippen molar-refractivity contribution in [1.29, 1.82) is 0 Å². The van der Waals surface area contributed by atoms with Gasteiger partial charge in [-0.15, -0.1) is 0 Å². The first-order valence-electron chi connectivity index (χ1n) is 7.91. The predicted molar refractivity (Wildman–Crippen MR) is 90.7 cm³/mol. The third kappa shape index (κ3) is 5.21. The number of amides is 2. The molecule has 0 saturated heterocycles. The number of aryl methyl sites for hydroxylation is 1. The minimum atomic E-state index is -3.16. The topological polar surface area (TPSA) is 78.5 Å². The van der Waals surface area contributed by atoms with Gasteiger partial charge in [-0.1, -0.05) is 24.3 Å². The van der Waals surface area contributed by atoms with Crippen molar-refractivity contribution in [2.45, 2.75) is 31.7 Å². The quantitative estimate of drug-likeness (QED) is 0.774. The summed E-state index contributed by atoms with van der Waals surface area (Å²) in [6, 6.07) is 8.26. The van der Waals surface area contributed by atoms with Gasteiger partial charge in [0.25, 0.3) is 0 Å². The van der Waals surface area contributed by atoms with Crippen LogP contribution in [0.25, 0.3) is 0 Å². The number of urea groups is 1. The van der Waals surface area contributed by atoms with Crippen LogP contribution in [0.15, 0.2) is 24.3 Å². The second kappa shape index (κ2) is 7.79. The van der Waals surface area contributed by atoms with Gasteiger partial charge in [0.2, 0.25) is 10.0 Å². The minimum Gasteiger partial charge on any atom is -0.338 e. The van der Waals surface area contributed by atoms with E-state index in [1.54, 1.807) is 4.90 Å². The van der Waals surface area contributed by atoms with E-state index < -0.39 is 10.0 Å². The molecule has 1 aromatic carbocycles. The van der Waals surface area contributed by atoms with Crippen LogP contribution >= 0.6 is 0 Å². The lowest BCUT2D eigenvalue weighted by atomic mass is 9.87. The second-order valence-corrected chi connectivity index (χ2v) is 7.80. The molecular formula is C16H25N3O3S. The number of hydrogen-bond donors (Lipinski definition) is 2. The van der Waals surface area contributed by atoms with Gasteiger partial charge in [-0.3, -0.25) is 0 Å². The first-order valence-corrected chi connectivity index (χ1v) is 9.81. The number of fused-ring (bicyclic) bond motifs is 1. The molecule has 2 amide bonds. The van der Waals surface area contributed by atoms with Crippen LogP contribution in [-0.2, 0) is 16.4 Å². The Bertz CT molecular complexity index is 646. The molecule has 6 nitrogen and oxygen atoms in total. The molecule has 0 fully saturated rings. The van der Waals surface area contributed by atoms with Crippen LogP contribution in [0.2, 0.25) is 0 Å². The zero-order valence-corrected chi connectivity index (χ0v) is 14.5. The Kier molecular flexibility index (Phi) is 6.01. The Balaban J connectivity index is 1.84. The van der Waals surface area contributed by atoms with Gasteiger partial charge in [0, 0.05) is 20.1 Å². The van der Waals surface area contributed by atoms with Crippen molar-refractivity contribution >= 4 is 16.1 Å². The Morgan fingerprint density at radius 1 is 1.30 bits per heavy atom. The summed E-state index contributed by atoms with van der Waals surface area (Å²) >= 11 is 0. The standard InChI is InChI=1S/C16H25N3O3S/c1-19(16(20)17-11-6-12-18-23(2,21)22)15-10-5-8-13-7-3-4-9-14(13)15/h3-4,7,9,15,18H,5-6,8,10-12H2,1-2H3,(H,17,20)/t15-/m1/s1. The van der Waals surface area contributed by atoms with Crippen molar-refractivity contribution < 1.29 is 13.2 Å². The number of rotatable bonds is 6. The van der Waals surface area contributed by atoms with Crippen molar-refractivity contribution in [3.8, 4) is 0 Å². The Labute approximate surface area is 138 Å². The van der Waals surface area contributed by atoms with Gasteiger partial charge in [-0.2, -0.15) is 0 Å². The van der Waals surface area contributed by atoms with Crippen molar-refractivity contribution in [1.82, 2.24) is 14.9 Å². The Morgan fingerprint density at radius 3 is 2.78 bits per heavy atom. The molecule has 0 saturated carbocycles.